The molecule has 0 spiro atoms. The minimum absolute atomic E-state index is 0.121. The van der Waals surface area contributed by atoms with Crippen LogP contribution in [0.15, 0.2) is 23.1 Å². The molecule has 0 unspecified atom stereocenters. The number of ether oxygens (including phenoxy) is 2. The molecule has 0 fully saturated rings. The van der Waals surface area contributed by atoms with Crippen LogP contribution in [0.1, 0.15) is 25.8 Å². The minimum Gasteiger partial charge on any atom is -0.484 e. The van der Waals surface area contributed by atoms with E-state index in [0.717, 1.165) is 6.42 Å². The molecule has 24 heavy (non-hydrogen) atoms. The molecular formula is C16H26N2O5S. The molecule has 0 aliphatic heterocycles. The molecule has 1 aromatic carbocycles. The Bertz CT molecular complexity index is 644. The lowest BCUT2D eigenvalue weighted by Crippen LogP contribution is -2.30. The summed E-state index contributed by atoms with van der Waals surface area (Å²) in [4.78, 5) is 11.8. The van der Waals surface area contributed by atoms with Gasteiger partial charge >= 0.3 is 0 Å². The first-order valence-corrected chi connectivity index (χ1v) is 9.26. The van der Waals surface area contributed by atoms with Crippen molar-refractivity contribution in [1.29, 1.82) is 0 Å². The van der Waals surface area contributed by atoms with Crippen LogP contribution in [0.25, 0.3) is 0 Å². The smallest absolute Gasteiger partial charge is 0.257 e. The zero-order valence-corrected chi connectivity index (χ0v) is 15.4. The van der Waals surface area contributed by atoms with Crippen LogP contribution < -0.4 is 14.8 Å². The highest BCUT2D eigenvalue weighted by molar-refractivity contribution is 7.89. The number of carbonyl (C=O) groups is 1. The summed E-state index contributed by atoms with van der Waals surface area (Å²) in [5, 5.41) is 2.71. The molecule has 2 N–H and O–H groups in total. The number of hydrogen-bond donors (Lipinski definition) is 2. The summed E-state index contributed by atoms with van der Waals surface area (Å²) in [6, 6.07) is 4.36. The molecule has 1 aromatic rings. The Morgan fingerprint density at radius 2 is 2.00 bits per heavy atom. The van der Waals surface area contributed by atoms with Crippen molar-refractivity contribution in [2.45, 2.75) is 38.1 Å². The van der Waals surface area contributed by atoms with Crippen LogP contribution in [0, 0.1) is 6.92 Å². The molecule has 0 aliphatic rings. The normalized spacial score (nSPS) is 11.5. The second-order valence-corrected chi connectivity index (χ2v) is 7.40. The van der Waals surface area contributed by atoms with Crippen molar-refractivity contribution in [2.24, 2.45) is 0 Å². The van der Waals surface area contributed by atoms with Crippen LogP contribution in [0.5, 0.6) is 5.75 Å². The maximum Gasteiger partial charge on any atom is 0.257 e. The van der Waals surface area contributed by atoms with Crippen molar-refractivity contribution in [1.82, 2.24) is 10.0 Å². The third-order valence-electron chi connectivity index (χ3n) is 3.05. The van der Waals surface area contributed by atoms with Crippen LogP contribution in [0.2, 0.25) is 0 Å². The predicted molar refractivity (Wildman–Crippen MR) is 91.6 cm³/mol. The van der Waals surface area contributed by atoms with Gasteiger partial charge < -0.3 is 14.8 Å². The summed E-state index contributed by atoms with van der Waals surface area (Å²) in [5.41, 5.74) is 0.647. The average molecular weight is 358 g/mol. The van der Waals surface area contributed by atoms with Gasteiger partial charge in [0.15, 0.2) is 6.61 Å². The van der Waals surface area contributed by atoms with Gasteiger partial charge in [-0.2, -0.15) is 0 Å². The topological polar surface area (TPSA) is 93.7 Å². The van der Waals surface area contributed by atoms with Gasteiger partial charge in [0.2, 0.25) is 10.0 Å². The predicted octanol–water partition coefficient (Wildman–Crippen LogP) is 1.21. The summed E-state index contributed by atoms with van der Waals surface area (Å²) in [6.45, 7) is 6.23. The van der Waals surface area contributed by atoms with Crippen LogP contribution in [0.4, 0.5) is 0 Å². The summed E-state index contributed by atoms with van der Waals surface area (Å²) in [7, 11) is -1.94. The van der Waals surface area contributed by atoms with Gasteiger partial charge in [-0.25, -0.2) is 13.1 Å². The number of methoxy groups -OCH3 is 1. The van der Waals surface area contributed by atoms with E-state index in [-0.39, 0.29) is 23.5 Å². The molecule has 7 nitrogen and oxygen atoms in total. The number of hydrogen-bond acceptors (Lipinski definition) is 5. The van der Waals surface area contributed by atoms with Gasteiger partial charge in [-0.1, -0.05) is 0 Å². The van der Waals surface area contributed by atoms with E-state index in [4.69, 9.17) is 9.47 Å². The molecule has 0 saturated carbocycles. The first kappa shape index (κ1) is 20.4. The summed E-state index contributed by atoms with van der Waals surface area (Å²) in [5.74, 6) is 0.245. The Labute approximate surface area is 143 Å². The fourth-order valence-corrected chi connectivity index (χ4v) is 3.30. The first-order chi connectivity index (χ1) is 11.3. The third kappa shape index (κ3) is 6.86. The fourth-order valence-electron chi connectivity index (χ4n) is 1.97. The van der Waals surface area contributed by atoms with Crippen molar-refractivity contribution >= 4 is 15.9 Å². The van der Waals surface area contributed by atoms with Crippen molar-refractivity contribution in [3.05, 3.63) is 23.8 Å². The second kappa shape index (κ2) is 9.61. The summed E-state index contributed by atoms with van der Waals surface area (Å²) >= 11 is 0. The van der Waals surface area contributed by atoms with E-state index in [2.05, 4.69) is 10.0 Å². The maximum atomic E-state index is 12.1. The first-order valence-electron chi connectivity index (χ1n) is 7.77. The van der Waals surface area contributed by atoms with Gasteiger partial charge in [-0.3, -0.25) is 4.79 Å². The van der Waals surface area contributed by atoms with Crippen LogP contribution in [-0.2, 0) is 19.6 Å². The van der Waals surface area contributed by atoms with Gasteiger partial charge in [0.1, 0.15) is 5.75 Å². The number of aryl methyl sites for hydroxylation is 1. The molecule has 0 aromatic heterocycles. The third-order valence-corrected chi connectivity index (χ3v) is 4.71. The highest BCUT2D eigenvalue weighted by atomic mass is 32.2. The Morgan fingerprint density at radius 3 is 2.58 bits per heavy atom. The molecule has 8 heteroatoms. The monoisotopic (exact) mass is 358 g/mol. The molecule has 1 amide bonds. The van der Waals surface area contributed by atoms with Gasteiger partial charge in [-0.05, 0) is 51.0 Å². The molecule has 136 valence electrons. The highest BCUT2D eigenvalue weighted by Crippen LogP contribution is 2.21. The minimum atomic E-state index is -3.54. The largest absolute Gasteiger partial charge is 0.484 e. The lowest BCUT2D eigenvalue weighted by atomic mass is 10.2. The molecule has 0 atom stereocenters. The van der Waals surface area contributed by atoms with Crippen molar-refractivity contribution < 1.29 is 22.7 Å². The van der Waals surface area contributed by atoms with E-state index in [0.29, 0.717) is 24.5 Å². The lowest BCUT2D eigenvalue weighted by Gasteiger charge is -2.13. The fraction of sp³-hybridized carbons (Fsp3) is 0.562. The van der Waals surface area contributed by atoms with E-state index < -0.39 is 10.0 Å². The Kier molecular flexibility index (Phi) is 8.17. The van der Waals surface area contributed by atoms with Crippen molar-refractivity contribution in [2.75, 3.05) is 26.9 Å². The van der Waals surface area contributed by atoms with Crippen LogP contribution in [-0.4, -0.2) is 47.2 Å². The standard InChI is InChI=1S/C16H26N2O5S/c1-12(2)18-24(20,21)14-6-7-15(13(3)10-14)23-11-16(19)17-8-5-9-22-4/h6-7,10,12,18H,5,8-9,11H2,1-4H3,(H,17,19). The van der Waals surface area contributed by atoms with Crippen LogP contribution in [0.3, 0.4) is 0 Å². The number of nitrogens with one attached hydrogen (secondary N) is 2. The Balaban J connectivity index is 2.61. The maximum absolute atomic E-state index is 12.1. The molecule has 0 bridgehead atoms. The number of rotatable bonds is 10. The van der Waals surface area contributed by atoms with E-state index in [9.17, 15) is 13.2 Å². The number of carbonyl (C=O) groups excluding carboxylic acids is 1. The number of benzene rings is 1. The molecule has 0 heterocycles. The van der Waals surface area contributed by atoms with E-state index in [1.165, 1.54) is 12.1 Å². The number of amides is 1. The molecule has 0 radical (unpaired) electrons. The lowest BCUT2D eigenvalue weighted by molar-refractivity contribution is -0.123. The van der Waals surface area contributed by atoms with Gasteiger partial charge in [0.05, 0.1) is 4.90 Å². The second-order valence-electron chi connectivity index (χ2n) is 5.69. The van der Waals surface area contributed by atoms with Crippen molar-refractivity contribution in [3.8, 4) is 5.75 Å². The SMILES string of the molecule is COCCCNC(=O)COc1ccc(S(=O)(=O)NC(C)C)cc1C. The van der Waals surface area contributed by atoms with Crippen LogP contribution >= 0.6 is 0 Å². The average Bonchev–Trinajstić information content (AvgIpc) is 2.49. The molecule has 0 aliphatic carbocycles. The summed E-state index contributed by atoms with van der Waals surface area (Å²) < 4.78 is 37.1. The van der Waals surface area contributed by atoms with E-state index in [1.807, 2.05) is 0 Å². The zero-order chi connectivity index (χ0) is 18.2. The van der Waals surface area contributed by atoms with E-state index in [1.54, 1.807) is 33.9 Å². The van der Waals surface area contributed by atoms with Crippen molar-refractivity contribution in [3.63, 3.8) is 0 Å². The van der Waals surface area contributed by atoms with Gasteiger partial charge in [0.25, 0.3) is 5.91 Å². The molecule has 0 saturated heterocycles. The Morgan fingerprint density at radius 1 is 1.29 bits per heavy atom. The Hall–Kier alpha value is -1.64. The molecular weight excluding hydrogens is 332 g/mol. The molecule has 1 rings (SSSR count). The zero-order valence-electron chi connectivity index (χ0n) is 14.6. The van der Waals surface area contributed by atoms with E-state index >= 15 is 0 Å². The number of sulfonamides is 1. The van der Waals surface area contributed by atoms with Gasteiger partial charge in [0, 0.05) is 26.3 Å². The quantitative estimate of drug-likeness (QED) is 0.613. The highest BCUT2D eigenvalue weighted by Gasteiger charge is 2.16. The van der Waals surface area contributed by atoms with Gasteiger partial charge in [-0.15, -0.1) is 0 Å². The summed E-state index contributed by atoms with van der Waals surface area (Å²) in [6.07, 6.45) is 0.733.